The van der Waals surface area contributed by atoms with E-state index in [1.54, 1.807) is 42.7 Å². The summed E-state index contributed by atoms with van der Waals surface area (Å²) in [5, 5.41) is 1.97. The molecule has 8 heteroatoms. The molecule has 0 amide bonds. The molecule has 1 heterocycles. The van der Waals surface area contributed by atoms with Gasteiger partial charge in [-0.1, -0.05) is 53.5 Å². The van der Waals surface area contributed by atoms with Gasteiger partial charge in [0.2, 0.25) is 0 Å². The number of hydrogen-bond acceptors (Lipinski definition) is 4. The van der Waals surface area contributed by atoms with E-state index in [1.807, 2.05) is 18.2 Å². The molecule has 1 aromatic heterocycles. The SMILES string of the molecule is O=C(CCc1cccnc1)c1cccc2cc(NS(=O)(=O)c3cc(Cl)cc(Cl)c3)ccc12. The zero-order valence-electron chi connectivity index (χ0n) is 16.8. The smallest absolute Gasteiger partial charge is 0.261 e. The predicted octanol–water partition coefficient (Wildman–Crippen LogP) is 6.16. The summed E-state index contributed by atoms with van der Waals surface area (Å²) in [6, 6.07) is 18.4. The number of hydrogen-bond donors (Lipinski definition) is 1. The third-order valence-corrected chi connectivity index (χ3v) is 6.74. The Morgan fingerprint density at radius 3 is 2.44 bits per heavy atom. The van der Waals surface area contributed by atoms with E-state index in [9.17, 15) is 13.2 Å². The summed E-state index contributed by atoms with van der Waals surface area (Å²) in [5.74, 6) is 0.0151. The van der Waals surface area contributed by atoms with Gasteiger partial charge in [0.05, 0.1) is 4.90 Å². The Labute approximate surface area is 196 Å². The maximum Gasteiger partial charge on any atom is 0.261 e. The molecule has 0 aliphatic carbocycles. The number of nitrogens with zero attached hydrogens (tertiary/aromatic N) is 1. The van der Waals surface area contributed by atoms with Crippen LogP contribution in [0.2, 0.25) is 10.0 Å². The van der Waals surface area contributed by atoms with Gasteiger partial charge in [-0.15, -0.1) is 0 Å². The number of ketones is 1. The van der Waals surface area contributed by atoms with E-state index in [1.165, 1.54) is 18.2 Å². The topological polar surface area (TPSA) is 76.1 Å². The number of halogens is 2. The number of nitrogens with one attached hydrogen (secondary N) is 1. The van der Waals surface area contributed by atoms with Gasteiger partial charge in [0.15, 0.2) is 5.78 Å². The minimum atomic E-state index is -3.88. The predicted molar refractivity (Wildman–Crippen MR) is 128 cm³/mol. The van der Waals surface area contributed by atoms with Gasteiger partial charge in [-0.25, -0.2) is 8.42 Å². The molecule has 0 atom stereocenters. The van der Waals surface area contributed by atoms with Gasteiger partial charge in [0.25, 0.3) is 10.0 Å². The monoisotopic (exact) mass is 484 g/mol. The summed E-state index contributed by atoms with van der Waals surface area (Å²) in [6.45, 7) is 0. The first-order chi connectivity index (χ1) is 15.3. The summed E-state index contributed by atoms with van der Waals surface area (Å²) < 4.78 is 28.0. The lowest BCUT2D eigenvalue weighted by atomic mass is 9.97. The average molecular weight is 485 g/mol. The van der Waals surface area contributed by atoms with Crippen LogP contribution in [0.3, 0.4) is 0 Å². The molecule has 0 bridgehead atoms. The molecule has 0 saturated carbocycles. The highest BCUT2D eigenvalue weighted by atomic mass is 35.5. The number of carbonyl (C=O) groups excluding carboxylic acids is 1. The van der Waals surface area contributed by atoms with E-state index < -0.39 is 10.0 Å². The molecular weight excluding hydrogens is 467 g/mol. The summed E-state index contributed by atoms with van der Waals surface area (Å²) >= 11 is 11.9. The van der Waals surface area contributed by atoms with Gasteiger partial charge in [0.1, 0.15) is 0 Å². The molecule has 0 fully saturated rings. The molecule has 0 spiro atoms. The fourth-order valence-corrected chi connectivity index (χ4v) is 5.20. The first kappa shape index (κ1) is 22.3. The lowest BCUT2D eigenvalue weighted by molar-refractivity contribution is 0.0984. The molecular formula is C24H18Cl2N2O3S. The standard InChI is InChI=1S/C24H18Cl2N2O3S/c25-18-12-19(26)14-21(13-18)32(30,31)28-20-7-8-22-17(11-20)4-1-5-23(22)24(29)9-6-16-3-2-10-27-15-16/h1-5,7-8,10-15,28H,6,9H2. The van der Waals surface area contributed by atoms with Gasteiger partial charge >= 0.3 is 0 Å². The molecule has 5 nitrogen and oxygen atoms in total. The van der Waals surface area contributed by atoms with Crippen molar-refractivity contribution in [3.8, 4) is 0 Å². The van der Waals surface area contributed by atoms with Gasteiger partial charge < -0.3 is 0 Å². The molecule has 0 aliphatic heterocycles. The van der Waals surface area contributed by atoms with Crippen LogP contribution in [-0.4, -0.2) is 19.2 Å². The maximum absolute atomic E-state index is 12.8. The normalized spacial score (nSPS) is 11.4. The Balaban J connectivity index is 1.58. The number of sulfonamides is 1. The van der Waals surface area contributed by atoms with Crippen LogP contribution in [-0.2, 0) is 16.4 Å². The Hall–Kier alpha value is -2.93. The van der Waals surface area contributed by atoms with Gasteiger partial charge in [0, 0.05) is 40.1 Å². The number of benzene rings is 3. The van der Waals surface area contributed by atoms with E-state index in [0.29, 0.717) is 24.1 Å². The number of aromatic nitrogens is 1. The minimum Gasteiger partial charge on any atom is -0.294 e. The fourth-order valence-electron chi connectivity index (χ4n) is 3.43. The van der Waals surface area contributed by atoms with Crippen molar-refractivity contribution in [1.29, 1.82) is 0 Å². The molecule has 3 aromatic carbocycles. The highest BCUT2D eigenvalue weighted by Crippen LogP contribution is 2.27. The van der Waals surface area contributed by atoms with Crippen molar-refractivity contribution >= 4 is 55.5 Å². The van der Waals surface area contributed by atoms with E-state index in [2.05, 4.69) is 9.71 Å². The molecule has 0 unspecified atom stereocenters. The van der Waals surface area contributed by atoms with Gasteiger partial charge in [-0.05, 0) is 59.2 Å². The van der Waals surface area contributed by atoms with Crippen LogP contribution in [0.15, 0.2) is 84.0 Å². The number of carbonyl (C=O) groups is 1. The molecule has 0 radical (unpaired) electrons. The second-order valence-corrected chi connectivity index (χ2v) is 9.79. The zero-order valence-corrected chi connectivity index (χ0v) is 19.1. The van der Waals surface area contributed by atoms with Crippen LogP contribution < -0.4 is 4.72 Å². The first-order valence-electron chi connectivity index (χ1n) is 9.76. The van der Waals surface area contributed by atoms with Crippen LogP contribution in [0.1, 0.15) is 22.3 Å². The van der Waals surface area contributed by atoms with E-state index >= 15 is 0 Å². The lowest BCUT2D eigenvalue weighted by Gasteiger charge is -2.11. The van der Waals surface area contributed by atoms with Crippen LogP contribution in [0.5, 0.6) is 0 Å². The Bertz CT molecular complexity index is 1390. The number of rotatable bonds is 7. The van der Waals surface area contributed by atoms with Gasteiger partial charge in [-0.2, -0.15) is 0 Å². The highest BCUT2D eigenvalue weighted by molar-refractivity contribution is 7.92. The highest BCUT2D eigenvalue weighted by Gasteiger charge is 2.17. The van der Waals surface area contributed by atoms with Crippen molar-refractivity contribution in [3.63, 3.8) is 0 Å². The third kappa shape index (κ3) is 5.10. The Morgan fingerprint density at radius 2 is 1.72 bits per heavy atom. The number of Topliss-reactive ketones (excluding diaryl/α,β-unsaturated/α-hetero) is 1. The van der Waals surface area contributed by atoms with Crippen molar-refractivity contribution in [2.75, 3.05) is 4.72 Å². The van der Waals surface area contributed by atoms with E-state index in [4.69, 9.17) is 23.2 Å². The molecule has 4 rings (SSSR count). The second-order valence-electron chi connectivity index (χ2n) is 7.24. The molecule has 0 saturated heterocycles. The van der Waals surface area contributed by atoms with Crippen molar-refractivity contribution < 1.29 is 13.2 Å². The molecule has 32 heavy (non-hydrogen) atoms. The Kier molecular flexibility index (Phi) is 6.46. The number of pyridine rings is 1. The summed E-state index contributed by atoms with van der Waals surface area (Å²) in [7, 11) is -3.88. The quantitative estimate of drug-likeness (QED) is 0.318. The molecule has 4 aromatic rings. The molecule has 1 N–H and O–H groups in total. The van der Waals surface area contributed by atoms with Crippen molar-refractivity contribution in [2.24, 2.45) is 0 Å². The second kappa shape index (κ2) is 9.28. The number of anilines is 1. The average Bonchev–Trinajstić information content (AvgIpc) is 2.76. The van der Waals surface area contributed by atoms with Gasteiger partial charge in [-0.3, -0.25) is 14.5 Å². The summed E-state index contributed by atoms with van der Waals surface area (Å²) in [4.78, 5) is 16.9. The minimum absolute atomic E-state index is 0.0151. The van der Waals surface area contributed by atoms with Crippen LogP contribution in [0.4, 0.5) is 5.69 Å². The lowest BCUT2D eigenvalue weighted by Crippen LogP contribution is -2.13. The number of aryl methyl sites for hydroxylation is 1. The largest absolute Gasteiger partial charge is 0.294 e. The van der Waals surface area contributed by atoms with Crippen molar-refractivity contribution in [1.82, 2.24) is 4.98 Å². The van der Waals surface area contributed by atoms with Crippen LogP contribution in [0, 0.1) is 0 Å². The van der Waals surface area contributed by atoms with Crippen molar-refractivity contribution in [3.05, 3.63) is 100 Å². The molecule has 0 aliphatic rings. The van der Waals surface area contributed by atoms with E-state index in [0.717, 1.165) is 16.3 Å². The van der Waals surface area contributed by atoms with E-state index in [-0.39, 0.29) is 20.7 Å². The van der Waals surface area contributed by atoms with Crippen molar-refractivity contribution in [2.45, 2.75) is 17.7 Å². The maximum atomic E-state index is 12.8. The van der Waals surface area contributed by atoms with Crippen LogP contribution >= 0.6 is 23.2 Å². The fraction of sp³-hybridized carbons (Fsp3) is 0.0833. The first-order valence-corrected chi connectivity index (χ1v) is 12.0. The molecule has 162 valence electrons. The summed E-state index contributed by atoms with van der Waals surface area (Å²) in [6.07, 6.45) is 4.41. The van der Waals surface area contributed by atoms with Crippen LogP contribution in [0.25, 0.3) is 10.8 Å². The third-order valence-electron chi connectivity index (χ3n) is 4.94. The summed E-state index contributed by atoms with van der Waals surface area (Å²) in [5.41, 5.74) is 1.97. The Morgan fingerprint density at radius 1 is 0.938 bits per heavy atom. The zero-order chi connectivity index (χ0) is 22.7. The number of fused-ring (bicyclic) bond motifs is 1.